The number of carbonyl (C=O) groups excluding carboxylic acids is 2. The number of hydrogen-bond acceptors (Lipinski definition) is 5. The van der Waals surface area contributed by atoms with Crippen LogP contribution in [0, 0.1) is 0 Å². The molecule has 206 valence electrons. The van der Waals surface area contributed by atoms with Crippen LogP contribution >= 0.6 is 11.6 Å². The van der Waals surface area contributed by atoms with E-state index in [0.29, 0.717) is 27.8 Å². The van der Waals surface area contributed by atoms with E-state index in [-0.39, 0.29) is 31.5 Å². The summed E-state index contributed by atoms with van der Waals surface area (Å²) in [5.74, 6) is 1.03. The predicted octanol–water partition coefficient (Wildman–Crippen LogP) is 5.82. The van der Waals surface area contributed by atoms with E-state index in [0.717, 1.165) is 11.1 Å². The number of para-hydroxylation sites is 2. The molecule has 1 atom stereocenters. The molecular formula is C32H31ClN2O5. The van der Waals surface area contributed by atoms with Crippen LogP contribution in [0.5, 0.6) is 17.2 Å². The molecule has 0 bridgehead atoms. The number of methoxy groups -OCH3 is 2. The first-order valence-corrected chi connectivity index (χ1v) is 13.1. The molecule has 7 nitrogen and oxygen atoms in total. The fraction of sp³-hybridized carbons (Fsp3) is 0.188. The molecular weight excluding hydrogens is 528 g/mol. The van der Waals surface area contributed by atoms with E-state index in [9.17, 15) is 9.59 Å². The number of nitrogens with one attached hydrogen (secondary N) is 1. The Morgan fingerprint density at radius 2 is 1.45 bits per heavy atom. The lowest BCUT2D eigenvalue weighted by molar-refractivity contribution is -0.143. The minimum Gasteiger partial charge on any atom is -0.497 e. The average molecular weight is 559 g/mol. The van der Waals surface area contributed by atoms with Crippen LogP contribution in [0.4, 0.5) is 0 Å². The zero-order valence-corrected chi connectivity index (χ0v) is 23.1. The highest BCUT2D eigenvalue weighted by Crippen LogP contribution is 2.27. The lowest BCUT2D eigenvalue weighted by Crippen LogP contribution is -2.45. The van der Waals surface area contributed by atoms with Crippen LogP contribution in [0.25, 0.3) is 0 Å². The zero-order valence-electron chi connectivity index (χ0n) is 22.4. The van der Waals surface area contributed by atoms with Crippen molar-refractivity contribution in [3.8, 4) is 17.2 Å². The average Bonchev–Trinajstić information content (AvgIpc) is 3.00. The van der Waals surface area contributed by atoms with Gasteiger partial charge < -0.3 is 24.4 Å². The van der Waals surface area contributed by atoms with Crippen molar-refractivity contribution in [2.45, 2.75) is 19.1 Å². The van der Waals surface area contributed by atoms with E-state index >= 15 is 0 Å². The summed E-state index contributed by atoms with van der Waals surface area (Å²) in [5.41, 5.74) is 2.31. The summed E-state index contributed by atoms with van der Waals surface area (Å²) < 4.78 is 16.5. The Kier molecular flexibility index (Phi) is 10.0. The Bertz CT molecular complexity index is 1410. The number of amides is 2. The lowest BCUT2D eigenvalue weighted by Gasteiger charge is -2.31. The van der Waals surface area contributed by atoms with Crippen molar-refractivity contribution < 1.29 is 23.8 Å². The molecule has 1 unspecified atom stereocenters. The van der Waals surface area contributed by atoms with Gasteiger partial charge in [-0.25, -0.2) is 0 Å². The van der Waals surface area contributed by atoms with E-state index in [2.05, 4.69) is 5.32 Å². The van der Waals surface area contributed by atoms with Gasteiger partial charge in [-0.1, -0.05) is 84.4 Å². The van der Waals surface area contributed by atoms with Gasteiger partial charge >= 0.3 is 0 Å². The first-order chi connectivity index (χ1) is 19.5. The van der Waals surface area contributed by atoms with Crippen molar-refractivity contribution in [1.82, 2.24) is 10.2 Å². The summed E-state index contributed by atoms with van der Waals surface area (Å²) in [6, 6.07) is 30.0. The maximum atomic E-state index is 13.9. The van der Waals surface area contributed by atoms with Crippen molar-refractivity contribution in [3.05, 3.63) is 125 Å². The molecule has 0 aliphatic heterocycles. The van der Waals surface area contributed by atoms with E-state index in [4.69, 9.17) is 25.8 Å². The van der Waals surface area contributed by atoms with Gasteiger partial charge in [-0.15, -0.1) is 0 Å². The highest BCUT2D eigenvalue weighted by atomic mass is 35.5. The molecule has 2 amide bonds. The predicted molar refractivity (Wildman–Crippen MR) is 155 cm³/mol. The molecule has 0 fully saturated rings. The molecule has 0 saturated heterocycles. The minimum absolute atomic E-state index is 0.163. The van der Waals surface area contributed by atoms with Gasteiger partial charge in [0.05, 0.1) is 19.2 Å². The Hall–Kier alpha value is -4.49. The van der Waals surface area contributed by atoms with Gasteiger partial charge in [0, 0.05) is 18.7 Å². The van der Waals surface area contributed by atoms with Crippen molar-refractivity contribution in [2.75, 3.05) is 20.8 Å². The molecule has 0 spiro atoms. The van der Waals surface area contributed by atoms with E-state index in [1.165, 1.54) is 4.90 Å². The fourth-order valence-electron chi connectivity index (χ4n) is 4.27. The molecule has 4 rings (SSSR count). The monoisotopic (exact) mass is 558 g/mol. The second-order valence-corrected chi connectivity index (χ2v) is 9.34. The van der Waals surface area contributed by atoms with Crippen LogP contribution in [-0.2, 0) is 22.7 Å². The van der Waals surface area contributed by atoms with Crippen LogP contribution in [0.2, 0.25) is 5.02 Å². The van der Waals surface area contributed by atoms with Gasteiger partial charge in [0.2, 0.25) is 5.91 Å². The van der Waals surface area contributed by atoms with E-state index in [1.807, 2.05) is 78.9 Å². The molecule has 0 aliphatic rings. The summed E-state index contributed by atoms with van der Waals surface area (Å²) in [4.78, 5) is 29.2. The number of benzene rings is 4. The third kappa shape index (κ3) is 7.33. The zero-order chi connectivity index (χ0) is 28.3. The number of carbonyl (C=O) groups is 2. The molecule has 0 aromatic heterocycles. The molecule has 1 N–H and O–H groups in total. The van der Waals surface area contributed by atoms with Crippen molar-refractivity contribution in [1.29, 1.82) is 0 Å². The largest absolute Gasteiger partial charge is 0.497 e. The Morgan fingerprint density at radius 1 is 0.800 bits per heavy atom. The number of ether oxygens (including phenoxy) is 3. The van der Waals surface area contributed by atoms with Crippen molar-refractivity contribution >= 4 is 23.4 Å². The fourth-order valence-corrected chi connectivity index (χ4v) is 4.46. The van der Waals surface area contributed by atoms with Crippen LogP contribution in [-0.4, -0.2) is 37.5 Å². The second-order valence-electron chi connectivity index (χ2n) is 8.93. The van der Waals surface area contributed by atoms with E-state index in [1.54, 1.807) is 38.5 Å². The van der Waals surface area contributed by atoms with Gasteiger partial charge in [-0.3, -0.25) is 9.59 Å². The lowest BCUT2D eigenvalue weighted by atomic mass is 10.0. The second kappa shape index (κ2) is 14.1. The standard InChI is InChI=1S/C32H31ClN2O5/c1-38-26-18-16-23(17-19-26)21-35(30(36)22-40-29-15-9-7-13-27(29)33)31(24-10-4-3-5-11-24)32(37)34-20-25-12-6-8-14-28(25)39-2/h3-19,31H,20-22H2,1-2H3,(H,34,37). The quantitative estimate of drug-likeness (QED) is 0.237. The first kappa shape index (κ1) is 28.5. The molecule has 0 radical (unpaired) electrons. The van der Waals surface area contributed by atoms with Gasteiger partial charge in [0.1, 0.15) is 23.3 Å². The van der Waals surface area contributed by atoms with Crippen molar-refractivity contribution in [3.63, 3.8) is 0 Å². The number of nitrogens with zero attached hydrogens (tertiary/aromatic N) is 1. The first-order valence-electron chi connectivity index (χ1n) is 12.7. The summed E-state index contributed by atoms with van der Waals surface area (Å²) in [7, 11) is 3.18. The highest BCUT2D eigenvalue weighted by Gasteiger charge is 2.32. The maximum absolute atomic E-state index is 13.9. The molecule has 0 heterocycles. The highest BCUT2D eigenvalue weighted by molar-refractivity contribution is 6.32. The molecule has 4 aromatic carbocycles. The summed E-state index contributed by atoms with van der Waals surface area (Å²) in [5, 5.41) is 3.39. The molecule has 40 heavy (non-hydrogen) atoms. The van der Waals surface area contributed by atoms with Crippen LogP contribution < -0.4 is 19.5 Å². The van der Waals surface area contributed by atoms with Crippen LogP contribution in [0.15, 0.2) is 103 Å². The maximum Gasteiger partial charge on any atom is 0.261 e. The summed E-state index contributed by atoms with van der Waals surface area (Å²) >= 11 is 6.24. The van der Waals surface area contributed by atoms with E-state index < -0.39 is 6.04 Å². The van der Waals surface area contributed by atoms with Crippen molar-refractivity contribution in [2.24, 2.45) is 0 Å². The normalized spacial score (nSPS) is 11.3. The molecule has 8 heteroatoms. The van der Waals surface area contributed by atoms with Gasteiger partial charge in [0.15, 0.2) is 6.61 Å². The molecule has 4 aromatic rings. The third-order valence-corrected chi connectivity index (χ3v) is 6.65. The molecule has 0 saturated carbocycles. The number of rotatable bonds is 12. The minimum atomic E-state index is -0.930. The number of hydrogen-bond donors (Lipinski definition) is 1. The smallest absolute Gasteiger partial charge is 0.261 e. The van der Waals surface area contributed by atoms with Gasteiger partial charge in [-0.2, -0.15) is 0 Å². The van der Waals surface area contributed by atoms with Crippen LogP contribution in [0.1, 0.15) is 22.7 Å². The Morgan fingerprint density at radius 3 is 2.12 bits per heavy atom. The van der Waals surface area contributed by atoms with Gasteiger partial charge in [-0.05, 0) is 41.5 Å². The number of halogens is 1. The Balaban J connectivity index is 1.65. The van der Waals surface area contributed by atoms with Gasteiger partial charge in [0.25, 0.3) is 5.91 Å². The summed E-state index contributed by atoms with van der Waals surface area (Å²) in [6.07, 6.45) is 0. The molecule has 0 aliphatic carbocycles. The SMILES string of the molecule is COc1ccc(CN(C(=O)COc2ccccc2Cl)C(C(=O)NCc2ccccc2OC)c2ccccc2)cc1. The van der Waals surface area contributed by atoms with Crippen LogP contribution in [0.3, 0.4) is 0 Å². The Labute approximate surface area is 239 Å². The summed E-state index contributed by atoms with van der Waals surface area (Å²) in [6.45, 7) is 0.0895. The third-order valence-electron chi connectivity index (χ3n) is 6.34. The topological polar surface area (TPSA) is 77.1 Å².